The number of nitrogens with zero attached hydrogens (tertiary/aromatic N) is 4. The van der Waals surface area contributed by atoms with E-state index in [-0.39, 0.29) is 5.91 Å². The lowest BCUT2D eigenvalue weighted by molar-refractivity contribution is 0.102. The Labute approximate surface area is 264 Å². The van der Waals surface area contributed by atoms with E-state index in [0.29, 0.717) is 22.9 Å². The first-order valence-corrected chi connectivity index (χ1v) is 15.7. The Bertz CT molecular complexity index is 2340. The van der Waals surface area contributed by atoms with Gasteiger partial charge in [0, 0.05) is 45.9 Å². The van der Waals surface area contributed by atoms with Crippen LogP contribution >= 0.6 is 0 Å². The molecule has 0 radical (unpaired) electrons. The van der Waals surface area contributed by atoms with Gasteiger partial charge in [0.15, 0.2) is 0 Å². The highest BCUT2D eigenvalue weighted by Gasteiger charge is 2.23. The summed E-state index contributed by atoms with van der Waals surface area (Å²) in [6, 6.07) is 29.0. The van der Waals surface area contributed by atoms with Crippen LogP contribution in [0.1, 0.15) is 54.1 Å². The molecule has 1 amide bonds. The molecule has 0 aliphatic heterocycles. The van der Waals surface area contributed by atoms with Gasteiger partial charge in [-0.1, -0.05) is 49.6 Å². The number of aromatic nitrogens is 4. The number of carbonyl (C=O) groups is 1. The molecule has 1 N–H and O–H groups in total. The predicted octanol–water partition coefficient (Wildman–Crippen LogP) is 8.49. The van der Waals surface area contributed by atoms with Crippen LogP contribution in [0, 0.1) is 6.92 Å². The maximum absolute atomic E-state index is 13.4. The number of hydrogen-bond acceptors (Lipinski definition) is 6. The molecule has 4 aromatic carbocycles. The van der Waals surface area contributed by atoms with E-state index in [1.165, 1.54) is 25.3 Å². The normalized spacial score (nSPS) is 13.8. The lowest BCUT2D eigenvalue weighted by Crippen LogP contribution is -2.14. The second-order valence-corrected chi connectivity index (χ2v) is 12.0. The summed E-state index contributed by atoms with van der Waals surface area (Å²) in [4.78, 5) is 40.1. The topological polar surface area (TPSA) is 103 Å². The van der Waals surface area contributed by atoms with Crippen LogP contribution in [0.25, 0.3) is 55.7 Å². The van der Waals surface area contributed by atoms with Gasteiger partial charge < -0.3 is 14.3 Å². The first kappa shape index (κ1) is 27.9. The van der Waals surface area contributed by atoms with Gasteiger partial charge in [-0.05, 0) is 73.9 Å². The molecule has 0 saturated heterocycles. The number of imidazole rings is 1. The molecule has 0 atom stereocenters. The predicted molar refractivity (Wildman–Crippen MR) is 181 cm³/mol. The first-order valence-electron chi connectivity index (χ1n) is 15.7. The molecule has 8 rings (SSSR count). The van der Waals surface area contributed by atoms with Crippen molar-refractivity contribution in [2.75, 3.05) is 5.32 Å². The van der Waals surface area contributed by atoms with Crippen LogP contribution in [0.3, 0.4) is 0 Å². The number of rotatable bonds is 5. The van der Waals surface area contributed by atoms with Crippen LogP contribution in [0.2, 0.25) is 0 Å². The van der Waals surface area contributed by atoms with Crippen LogP contribution < -0.4 is 10.9 Å². The standard InChI is InChI=1S/C38H31N5O3/c1-23-18-36(44)46-35-21-27(14-15-29(23)35)40-38(45)26-13-17-34-32(20-26)42-37(43(34)28-10-6-3-7-11-28)25-12-16-30-31(19-25)39-22-33(41-30)24-8-4-2-5-9-24/h2,4-5,8-9,12-22,28H,3,6-7,10-11H2,1H3,(H,40,45). The fourth-order valence-electron chi connectivity index (χ4n) is 6.66. The zero-order valence-electron chi connectivity index (χ0n) is 25.4. The number of carbonyl (C=O) groups excluding carboxylic acids is 1. The van der Waals surface area contributed by atoms with Gasteiger partial charge in [0.2, 0.25) is 0 Å². The van der Waals surface area contributed by atoms with Crippen molar-refractivity contribution in [1.82, 2.24) is 19.5 Å². The summed E-state index contributed by atoms with van der Waals surface area (Å²) in [6.45, 7) is 1.86. The minimum atomic E-state index is -0.418. The molecule has 3 aromatic heterocycles. The van der Waals surface area contributed by atoms with E-state index >= 15 is 0 Å². The molecule has 8 heteroatoms. The molecular weight excluding hydrogens is 574 g/mol. The molecule has 226 valence electrons. The van der Waals surface area contributed by atoms with E-state index < -0.39 is 5.63 Å². The summed E-state index contributed by atoms with van der Waals surface area (Å²) in [5.41, 5.74) is 8.13. The molecule has 0 unspecified atom stereocenters. The van der Waals surface area contributed by atoms with E-state index in [9.17, 15) is 9.59 Å². The van der Waals surface area contributed by atoms with Gasteiger partial charge in [-0.3, -0.25) is 9.78 Å². The third-order valence-electron chi connectivity index (χ3n) is 8.97. The summed E-state index contributed by atoms with van der Waals surface area (Å²) in [5.74, 6) is 0.607. The summed E-state index contributed by atoms with van der Waals surface area (Å²) in [6.07, 6.45) is 7.61. The molecule has 46 heavy (non-hydrogen) atoms. The summed E-state index contributed by atoms with van der Waals surface area (Å²) in [7, 11) is 0. The first-order chi connectivity index (χ1) is 22.5. The SMILES string of the molecule is Cc1cc(=O)oc2cc(NC(=O)c3ccc4c(c3)nc(-c3ccc5nc(-c6ccccc6)cnc5c3)n4C3CCCCC3)ccc12. The highest BCUT2D eigenvalue weighted by molar-refractivity contribution is 6.06. The van der Waals surface area contributed by atoms with E-state index in [0.717, 1.165) is 68.5 Å². The number of fused-ring (bicyclic) bond motifs is 3. The molecule has 8 nitrogen and oxygen atoms in total. The molecule has 1 saturated carbocycles. The van der Waals surface area contributed by atoms with Gasteiger partial charge in [0.05, 0.1) is 34.0 Å². The molecular formula is C38H31N5O3. The molecule has 0 spiro atoms. The second kappa shape index (κ2) is 11.4. The average Bonchev–Trinajstić information content (AvgIpc) is 3.47. The minimum Gasteiger partial charge on any atom is -0.423 e. The number of nitrogens with one attached hydrogen (secondary N) is 1. The highest BCUT2D eigenvalue weighted by Crippen LogP contribution is 2.37. The van der Waals surface area contributed by atoms with Crippen LogP contribution in [-0.4, -0.2) is 25.4 Å². The van der Waals surface area contributed by atoms with Gasteiger partial charge in [0.25, 0.3) is 5.91 Å². The zero-order valence-corrected chi connectivity index (χ0v) is 25.4. The van der Waals surface area contributed by atoms with Crippen LogP contribution in [0.5, 0.6) is 0 Å². The molecule has 1 aliphatic rings. The Hall–Kier alpha value is -5.63. The van der Waals surface area contributed by atoms with Crippen molar-refractivity contribution in [3.05, 3.63) is 119 Å². The van der Waals surface area contributed by atoms with Crippen molar-refractivity contribution in [3.8, 4) is 22.6 Å². The van der Waals surface area contributed by atoms with E-state index in [1.54, 1.807) is 6.07 Å². The Morgan fingerprint density at radius 2 is 1.67 bits per heavy atom. The quantitative estimate of drug-likeness (QED) is 0.197. The van der Waals surface area contributed by atoms with E-state index in [1.807, 2.05) is 79.9 Å². The van der Waals surface area contributed by atoms with Gasteiger partial charge >= 0.3 is 5.63 Å². The molecule has 0 bridgehead atoms. The van der Waals surface area contributed by atoms with Crippen molar-refractivity contribution in [3.63, 3.8) is 0 Å². The van der Waals surface area contributed by atoms with Crippen LogP contribution in [-0.2, 0) is 0 Å². The van der Waals surface area contributed by atoms with Crippen molar-refractivity contribution >= 4 is 44.6 Å². The maximum atomic E-state index is 13.4. The molecule has 3 heterocycles. The van der Waals surface area contributed by atoms with Crippen molar-refractivity contribution < 1.29 is 9.21 Å². The van der Waals surface area contributed by atoms with Gasteiger partial charge in [-0.2, -0.15) is 0 Å². The van der Waals surface area contributed by atoms with Crippen molar-refractivity contribution in [2.45, 2.75) is 45.1 Å². The zero-order chi connectivity index (χ0) is 31.2. The second-order valence-electron chi connectivity index (χ2n) is 12.0. The smallest absolute Gasteiger partial charge is 0.336 e. The number of amides is 1. The number of aryl methyl sites for hydroxylation is 1. The van der Waals surface area contributed by atoms with Crippen LogP contribution in [0.15, 0.2) is 106 Å². The third-order valence-corrected chi connectivity index (χ3v) is 8.97. The largest absolute Gasteiger partial charge is 0.423 e. The monoisotopic (exact) mass is 605 g/mol. The number of benzene rings is 4. The van der Waals surface area contributed by atoms with Crippen molar-refractivity contribution in [1.29, 1.82) is 0 Å². The highest BCUT2D eigenvalue weighted by atomic mass is 16.4. The van der Waals surface area contributed by atoms with E-state index in [2.05, 4.69) is 22.0 Å². The van der Waals surface area contributed by atoms with Crippen molar-refractivity contribution in [2.24, 2.45) is 0 Å². The minimum absolute atomic E-state index is 0.264. The molecule has 7 aromatic rings. The maximum Gasteiger partial charge on any atom is 0.336 e. The summed E-state index contributed by atoms with van der Waals surface area (Å²) < 4.78 is 7.73. The summed E-state index contributed by atoms with van der Waals surface area (Å²) in [5, 5.41) is 3.79. The number of anilines is 1. The lowest BCUT2D eigenvalue weighted by Gasteiger charge is -2.25. The Morgan fingerprint density at radius 1 is 0.826 bits per heavy atom. The summed E-state index contributed by atoms with van der Waals surface area (Å²) >= 11 is 0. The fourth-order valence-corrected chi connectivity index (χ4v) is 6.66. The number of hydrogen-bond donors (Lipinski definition) is 1. The third kappa shape index (κ3) is 5.11. The van der Waals surface area contributed by atoms with Gasteiger partial charge in [0.1, 0.15) is 11.4 Å². The van der Waals surface area contributed by atoms with Crippen LogP contribution in [0.4, 0.5) is 5.69 Å². The lowest BCUT2D eigenvalue weighted by atomic mass is 9.94. The average molecular weight is 606 g/mol. The molecule has 1 fully saturated rings. The Balaban J connectivity index is 1.16. The molecule has 1 aliphatic carbocycles. The van der Waals surface area contributed by atoms with Gasteiger partial charge in [-0.15, -0.1) is 0 Å². The Kier molecular flexibility index (Phi) is 6.90. The van der Waals surface area contributed by atoms with E-state index in [4.69, 9.17) is 19.4 Å². The Morgan fingerprint density at radius 3 is 2.52 bits per heavy atom. The fraction of sp³-hybridized carbons (Fsp3) is 0.184. The van der Waals surface area contributed by atoms with Gasteiger partial charge in [-0.25, -0.2) is 14.8 Å².